The molecule has 3 heteroatoms. The lowest BCUT2D eigenvalue weighted by molar-refractivity contribution is 0.0194. The van der Waals surface area contributed by atoms with Crippen molar-refractivity contribution in [2.75, 3.05) is 6.54 Å². The summed E-state index contributed by atoms with van der Waals surface area (Å²) in [4.78, 5) is 14.1. The predicted octanol–water partition coefficient (Wildman–Crippen LogP) is 4.18. The lowest BCUT2D eigenvalue weighted by atomic mass is 9.82. The lowest BCUT2D eigenvalue weighted by Gasteiger charge is -2.37. The summed E-state index contributed by atoms with van der Waals surface area (Å²) in [6.45, 7) is 11.5. The van der Waals surface area contributed by atoms with Crippen molar-refractivity contribution in [1.29, 1.82) is 0 Å². The molecule has 0 radical (unpaired) electrons. The van der Waals surface area contributed by atoms with Crippen molar-refractivity contribution in [1.82, 2.24) is 4.90 Å². The molecule has 1 atom stereocenters. The number of ether oxygens (including phenoxy) is 1. The van der Waals surface area contributed by atoms with Gasteiger partial charge in [-0.15, -0.1) is 0 Å². The zero-order chi connectivity index (χ0) is 14.9. The van der Waals surface area contributed by atoms with E-state index in [2.05, 4.69) is 32.0 Å². The highest BCUT2D eigenvalue weighted by Gasteiger charge is 2.31. The van der Waals surface area contributed by atoms with Gasteiger partial charge >= 0.3 is 6.09 Å². The standard InChI is InChI=1S/C17H25NO2/c1-12(2)15-11-18(16(19)20-17(3,4)5)10-13-8-6-7-9-14(13)15/h6-9,12,15H,10-11H2,1-5H3. The van der Waals surface area contributed by atoms with Crippen LogP contribution >= 0.6 is 0 Å². The molecule has 1 aromatic carbocycles. The Hall–Kier alpha value is -1.51. The Bertz CT molecular complexity index is 488. The van der Waals surface area contributed by atoms with Crippen molar-refractivity contribution in [2.24, 2.45) is 5.92 Å². The predicted molar refractivity (Wildman–Crippen MR) is 80.7 cm³/mol. The van der Waals surface area contributed by atoms with Gasteiger partial charge in [0.1, 0.15) is 5.60 Å². The summed E-state index contributed by atoms with van der Waals surface area (Å²) in [5, 5.41) is 0. The maximum absolute atomic E-state index is 12.3. The average molecular weight is 275 g/mol. The number of benzene rings is 1. The highest BCUT2D eigenvalue weighted by atomic mass is 16.6. The van der Waals surface area contributed by atoms with E-state index in [1.165, 1.54) is 11.1 Å². The molecule has 0 N–H and O–H groups in total. The minimum Gasteiger partial charge on any atom is -0.444 e. The summed E-state index contributed by atoms with van der Waals surface area (Å²) in [5.41, 5.74) is 2.17. The monoisotopic (exact) mass is 275 g/mol. The maximum Gasteiger partial charge on any atom is 0.410 e. The molecule has 0 saturated heterocycles. The summed E-state index contributed by atoms with van der Waals surface area (Å²) >= 11 is 0. The van der Waals surface area contributed by atoms with E-state index < -0.39 is 5.60 Å². The first-order valence-electron chi connectivity index (χ1n) is 7.33. The van der Waals surface area contributed by atoms with Crippen molar-refractivity contribution in [2.45, 2.75) is 52.7 Å². The quantitative estimate of drug-likeness (QED) is 0.769. The van der Waals surface area contributed by atoms with Gasteiger partial charge in [0.05, 0.1) is 0 Å². The van der Waals surface area contributed by atoms with E-state index in [0.717, 1.165) is 6.54 Å². The third-order valence-corrected chi connectivity index (χ3v) is 3.69. The molecule has 2 rings (SSSR count). The molecule has 20 heavy (non-hydrogen) atoms. The number of hydrogen-bond donors (Lipinski definition) is 0. The second-order valence-corrected chi connectivity index (χ2v) is 6.91. The first kappa shape index (κ1) is 14.9. The van der Waals surface area contributed by atoms with Crippen molar-refractivity contribution < 1.29 is 9.53 Å². The number of carbonyl (C=O) groups excluding carboxylic acids is 1. The van der Waals surface area contributed by atoms with E-state index in [0.29, 0.717) is 18.4 Å². The molecule has 0 saturated carbocycles. The van der Waals surface area contributed by atoms with Crippen molar-refractivity contribution in [3.63, 3.8) is 0 Å². The van der Waals surface area contributed by atoms with Crippen LogP contribution in [0.2, 0.25) is 0 Å². The van der Waals surface area contributed by atoms with Crippen LogP contribution in [0.4, 0.5) is 4.79 Å². The molecule has 0 bridgehead atoms. The van der Waals surface area contributed by atoms with Crippen molar-refractivity contribution >= 4 is 6.09 Å². The van der Waals surface area contributed by atoms with Crippen LogP contribution in [-0.4, -0.2) is 23.1 Å². The fraction of sp³-hybridized carbons (Fsp3) is 0.588. The Kier molecular flexibility index (Phi) is 4.07. The zero-order valence-electron chi connectivity index (χ0n) is 13.1. The van der Waals surface area contributed by atoms with E-state index in [1.807, 2.05) is 31.7 Å². The largest absolute Gasteiger partial charge is 0.444 e. The Morgan fingerprint density at radius 2 is 1.95 bits per heavy atom. The minimum atomic E-state index is -0.443. The smallest absolute Gasteiger partial charge is 0.410 e. The van der Waals surface area contributed by atoms with Crippen LogP contribution in [0, 0.1) is 5.92 Å². The van der Waals surface area contributed by atoms with E-state index in [-0.39, 0.29) is 6.09 Å². The van der Waals surface area contributed by atoms with Crippen LogP contribution in [0.1, 0.15) is 51.7 Å². The Morgan fingerprint density at radius 3 is 2.55 bits per heavy atom. The van der Waals surface area contributed by atoms with Gasteiger partial charge in [-0.3, -0.25) is 0 Å². The van der Waals surface area contributed by atoms with E-state index in [9.17, 15) is 4.79 Å². The van der Waals surface area contributed by atoms with Gasteiger partial charge in [0.2, 0.25) is 0 Å². The highest BCUT2D eigenvalue weighted by molar-refractivity contribution is 5.69. The molecule has 1 aliphatic rings. The van der Waals surface area contributed by atoms with Gasteiger partial charge < -0.3 is 9.64 Å². The normalized spacial score (nSPS) is 18.9. The van der Waals surface area contributed by atoms with E-state index >= 15 is 0 Å². The molecule has 1 aliphatic heterocycles. The number of carbonyl (C=O) groups is 1. The molecule has 0 spiro atoms. The molecular formula is C17H25NO2. The first-order valence-corrected chi connectivity index (χ1v) is 7.33. The Balaban J connectivity index is 2.22. The van der Waals surface area contributed by atoms with Gasteiger partial charge in [-0.25, -0.2) is 4.79 Å². The maximum atomic E-state index is 12.3. The fourth-order valence-corrected chi connectivity index (χ4v) is 2.68. The average Bonchev–Trinajstić information content (AvgIpc) is 2.35. The lowest BCUT2D eigenvalue weighted by Crippen LogP contribution is -2.42. The van der Waals surface area contributed by atoms with Gasteiger partial charge in [0.15, 0.2) is 0 Å². The molecule has 3 nitrogen and oxygen atoms in total. The van der Waals surface area contributed by atoms with Gasteiger partial charge in [-0.05, 0) is 37.8 Å². The molecular weight excluding hydrogens is 250 g/mol. The molecule has 0 aliphatic carbocycles. The van der Waals surface area contributed by atoms with Crippen LogP contribution < -0.4 is 0 Å². The van der Waals surface area contributed by atoms with Gasteiger partial charge in [0, 0.05) is 19.0 Å². The third kappa shape index (κ3) is 3.33. The zero-order valence-corrected chi connectivity index (χ0v) is 13.1. The van der Waals surface area contributed by atoms with Gasteiger partial charge in [-0.1, -0.05) is 38.1 Å². The van der Waals surface area contributed by atoms with Crippen molar-refractivity contribution in [3.05, 3.63) is 35.4 Å². The number of amides is 1. The molecule has 0 aromatic heterocycles. The number of fused-ring (bicyclic) bond motifs is 1. The van der Waals surface area contributed by atoms with Crippen LogP contribution in [0.5, 0.6) is 0 Å². The topological polar surface area (TPSA) is 29.5 Å². The second kappa shape index (κ2) is 5.47. The summed E-state index contributed by atoms with van der Waals surface area (Å²) in [7, 11) is 0. The summed E-state index contributed by atoms with van der Waals surface area (Å²) in [5.74, 6) is 0.883. The summed E-state index contributed by atoms with van der Waals surface area (Å²) in [6, 6.07) is 8.42. The molecule has 1 unspecified atom stereocenters. The number of rotatable bonds is 1. The minimum absolute atomic E-state index is 0.211. The van der Waals surface area contributed by atoms with Crippen LogP contribution in [0.15, 0.2) is 24.3 Å². The van der Waals surface area contributed by atoms with Crippen molar-refractivity contribution in [3.8, 4) is 0 Å². The Labute approximate surface area is 121 Å². The summed E-state index contributed by atoms with van der Waals surface area (Å²) < 4.78 is 5.51. The third-order valence-electron chi connectivity index (χ3n) is 3.69. The van der Waals surface area contributed by atoms with Gasteiger partial charge in [-0.2, -0.15) is 0 Å². The number of hydrogen-bond acceptors (Lipinski definition) is 2. The number of nitrogens with zero attached hydrogens (tertiary/aromatic N) is 1. The molecule has 110 valence electrons. The summed E-state index contributed by atoms with van der Waals surface area (Å²) in [6.07, 6.45) is -0.211. The molecule has 1 amide bonds. The van der Waals surface area contributed by atoms with E-state index in [4.69, 9.17) is 4.74 Å². The second-order valence-electron chi connectivity index (χ2n) is 6.91. The SMILES string of the molecule is CC(C)C1CN(C(=O)OC(C)(C)C)Cc2ccccc21. The fourth-order valence-electron chi connectivity index (χ4n) is 2.68. The van der Waals surface area contributed by atoms with Crippen LogP contribution in [-0.2, 0) is 11.3 Å². The highest BCUT2D eigenvalue weighted by Crippen LogP contribution is 2.33. The first-order chi connectivity index (χ1) is 9.28. The van der Waals surface area contributed by atoms with Crippen LogP contribution in [0.25, 0.3) is 0 Å². The van der Waals surface area contributed by atoms with Crippen LogP contribution in [0.3, 0.4) is 0 Å². The van der Waals surface area contributed by atoms with E-state index in [1.54, 1.807) is 0 Å². The molecule has 1 heterocycles. The Morgan fingerprint density at radius 1 is 1.30 bits per heavy atom. The molecule has 0 fully saturated rings. The van der Waals surface area contributed by atoms with Gasteiger partial charge in [0.25, 0.3) is 0 Å². The molecule has 1 aromatic rings.